The maximum absolute atomic E-state index is 6.36. The summed E-state index contributed by atoms with van der Waals surface area (Å²) in [6.07, 6.45) is 7.59. The van der Waals surface area contributed by atoms with Gasteiger partial charge in [0.25, 0.3) is 0 Å². The van der Waals surface area contributed by atoms with E-state index >= 15 is 0 Å². The third-order valence-corrected chi connectivity index (χ3v) is 4.41. The molecule has 0 radical (unpaired) electrons. The molecule has 0 aliphatic heterocycles. The molecule has 0 saturated carbocycles. The Bertz CT molecular complexity index is 447. The van der Waals surface area contributed by atoms with E-state index in [0.29, 0.717) is 0 Å². The van der Waals surface area contributed by atoms with Crippen LogP contribution in [0.2, 0.25) is 0 Å². The van der Waals surface area contributed by atoms with E-state index in [2.05, 4.69) is 26.0 Å². The predicted octanol–water partition coefficient (Wildman–Crippen LogP) is 4.00. The van der Waals surface area contributed by atoms with Crippen molar-refractivity contribution in [3.8, 4) is 5.75 Å². The first-order chi connectivity index (χ1) is 10.2. The second-order valence-corrected chi connectivity index (χ2v) is 6.13. The summed E-state index contributed by atoms with van der Waals surface area (Å²) in [5.41, 5.74) is 8.83. The molecular formula is C18H29NO2. The molecule has 1 aromatic rings. The van der Waals surface area contributed by atoms with Gasteiger partial charge in [0.2, 0.25) is 0 Å². The first-order valence-corrected chi connectivity index (χ1v) is 8.23. The van der Waals surface area contributed by atoms with E-state index in [9.17, 15) is 0 Å². The summed E-state index contributed by atoms with van der Waals surface area (Å²) in [4.78, 5) is 0. The fourth-order valence-corrected chi connectivity index (χ4v) is 3.10. The van der Waals surface area contributed by atoms with Crippen molar-refractivity contribution in [2.45, 2.75) is 70.6 Å². The van der Waals surface area contributed by atoms with Crippen LogP contribution in [0, 0.1) is 0 Å². The number of ether oxygens (including phenoxy) is 2. The topological polar surface area (TPSA) is 44.5 Å². The molecule has 1 aromatic carbocycles. The quantitative estimate of drug-likeness (QED) is 0.736. The molecule has 3 nitrogen and oxygen atoms in total. The molecule has 3 heteroatoms. The summed E-state index contributed by atoms with van der Waals surface area (Å²) in [5, 5.41) is 0. The van der Waals surface area contributed by atoms with Crippen LogP contribution in [0.5, 0.6) is 5.75 Å². The molecule has 3 unspecified atom stereocenters. The summed E-state index contributed by atoms with van der Waals surface area (Å²) >= 11 is 0. The fourth-order valence-electron chi connectivity index (χ4n) is 3.10. The molecule has 0 bridgehead atoms. The molecule has 3 atom stereocenters. The zero-order valence-corrected chi connectivity index (χ0v) is 13.6. The summed E-state index contributed by atoms with van der Waals surface area (Å²) in [6, 6.07) is 6.13. The summed E-state index contributed by atoms with van der Waals surface area (Å²) in [6.45, 7) is 4.41. The van der Waals surface area contributed by atoms with Gasteiger partial charge in [0.1, 0.15) is 5.75 Å². The Labute approximate surface area is 128 Å². The standard InChI is InChI=1S/C18H29NO2/c1-4-5-6-7-8-13(2)21-17-11-14-9-10-15(20-3)12-16(14)18(17)19/h9-10,12-13,17-18H,4-8,11,19H2,1-3H3. The van der Waals surface area contributed by atoms with E-state index < -0.39 is 0 Å². The van der Waals surface area contributed by atoms with E-state index in [4.69, 9.17) is 15.2 Å². The van der Waals surface area contributed by atoms with Crippen LogP contribution < -0.4 is 10.5 Å². The van der Waals surface area contributed by atoms with Gasteiger partial charge in [-0.05, 0) is 36.6 Å². The lowest BCUT2D eigenvalue weighted by Gasteiger charge is -2.22. The number of rotatable bonds is 8. The molecule has 0 heterocycles. The highest BCUT2D eigenvalue weighted by molar-refractivity contribution is 5.42. The Hall–Kier alpha value is -1.06. The molecule has 0 aromatic heterocycles. The van der Waals surface area contributed by atoms with E-state index in [-0.39, 0.29) is 18.2 Å². The third-order valence-electron chi connectivity index (χ3n) is 4.41. The summed E-state index contributed by atoms with van der Waals surface area (Å²) in [7, 11) is 1.69. The number of hydrogen-bond acceptors (Lipinski definition) is 3. The highest BCUT2D eigenvalue weighted by Gasteiger charge is 2.31. The molecule has 2 N–H and O–H groups in total. The summed E-state index contributed by atoms with van der Waals surface area (Å²) in [5.74, 6) is 0.873. The van der Waals surface area contributed by atoms with Gasteiger partial charge in [-0.15, -0.1) is 0 Å². The second kappa shape index (κ2) is 7.81. The van der Waals surface area contributed by atoms with Crippen molar-refractivity contribution in [1.82, 2.24) is 0 Å². The Morgan fingerprint density at radius 3 is 2.81 bits per heavy atom. The largest absolute Gasteiger partial charge is 0.497 e. The first-order valence-electron chi connectivity index (χ1n) is 8.23. The van der Waals surface area contributed by atoms with Gasteiger partial charge in [-0.25, -0.2) is 0 Å². The van der Waals surface area contributed by atoms with E-state index in [0.717, 1.165) is 18.6 Å². The van der Waals surface area contributed by atoms with E-state index in [1.807, 2.05) is 6.07 Å². The Kier molecular flexibility index (Phi) is 6.07. The fraction of sp³-hybridized carbons (Fsp3) is 0.667. The minimum atomic E-state index is -0.0341. The van der Waals surface area contributed by atoms with Crippen molar-refractivity contribution in [3.63, 3.8) is 0 Å². The number of methoxy groups -OCH3 is 1. The van der Waals surface area contributed by atoms with Crippen LogP contribution in [0.1, 0.15) is 63.1 Å². The highest BCUT2D eigenvalue weighted by Crippen LogP contribution is 2.35. The van der Waals surface area contributed by atoms with Crippen LogP contribution in [0.3, 0.4) is 0 Å². The zero-order chi connectivity index (χ0) is 15.2. The summed E-state index contributed by atoms with van der Waals surface area (Å²) < 4.78 is 11.5. The second-order valence-electron chi connectivity index (χ2n) is 6.13. The third kappa shape index (κ3) is 4.21. The van der Waals surface area contributed by atoms with Crippen LogP contribution in [0.25, 0.3) is 0 Å². The van der Waals surface area contributed by atoms with E-state index in [1.54, 1.807) is 7.11 Å². The average molecular weight is 291 g/mol. The van der Waals surface area contributed by atoms with E-state index in [1.165, 1.54) is 36.8 Å². The van der Waals surface area contributed by atoms with Crippen LogP contribution in [0.4, 0.5) is 0 Å². The number of unbranched alkanes of at least 4 members (excludes halogenated alkanes) is 3. The number of nitrogens with two attached hydrogens (primary N) is 1. The highest BCUT2D eigenvalue weighted by atomic mass is 16.5. The van der Waals surface area contributed by atoms with Crippen LogP contribution in [-0.2, 0) is 11.2 Å². The molecular weight excluding hydrogens is 262 g/mol. The van der Waals surface area contributed by atoms with Crippen molar-refractivity contribution in [2.75, 3.05) is 7.11 Å². The Morgan fingerprint density at radius 2 is 2.10 bits per heavy atom. The Balaban J connectivity index is 1.86. The molecule has 1 aliphatic carbocycles. The normalized spacial score (nSPS) is 22.1. The maximum atomic E-state index is 6.36. The molecule has 0 amide bonds. The lowest BCUT2D eigenvalue weighted by atomic mass is 10.1. The van der Waals surface area contributed by atoms with Crippen LogP contribution >= 0.6 is 0 Å². The minimum absolute atomic E-state index is 0.0341. The Morgan fingerprint density at radius 1 is 1.29 bits per heavy atom. The van der Waals surface area contributed by atoms with Crippen molar-refractivity contribution in [2.24, 2.45) is 5.73 Å². The monoisotopic (exact) mass is 291 g/mol. The molecule has 118 valence electrons. The van der Waals surface area contributed by atoms with Gasteiger partial charge in [0.05, 0.1) is 25.4 Å². The van der Waals surface area contributed by atoms with Gasteiger partial charge in [-0.2, -0.15) is 0 Å². The predicted molar refractivity (Wildman–Crippen MR) is 86.7 cm³/mol. The zero-order valence-electron chi connectivity index (χ0n) is 13.6. The molecule has 21 heavy (non-hydrogen) atoms. The lowest BCUT2D eigenvalue weighted by Crippen LogP contribution is -2.28. The van der Waals surface area contributed by atoms with Gasteiger partial charge in [-0.1, -0.05) is 38.7 Å². The van der Waals surface area contributed by atoms with Crippen LogP contribution in [-0.4, -0.2) is 19.3 Å². The lowest BCUT2D eigenvalue weighted by molar-refractivity contribution is -0.0142. The first kappa shape index (κ1) is 16.3. The minimum Gasteiger partial charge on any atom is -0.497 e. The van der Waals surface area contributed by atoms with Gasteiger partial charge in [-0.3, -0.25) is 0 Å². The number of benzene rings is 1. The van der Waals surface area contributed by atoms with Crippen molar-refractivity contribution < 1.29 is 9.47 Å². The molecule has 0 fully saturated rings. The van der Waals surface area contributed by atoms with Crippen LogP contribution in [0.15, 0.2) is 18.2 Å². The maximum Gasteiger partial charge on any atom is 0.119 e. The average Bonchev–Trinajstić information content (AvgIpc) is 2.79. The smallest absolute Gasteiger partial charge is 0.119 e. The molecule has 2 rings (SSSR count). The van der Waals surface area contributed by atoms with Gasteiger partial charge in [0.15, 0.2) is 0 Å². The molecule has 0 saturated heterocycles. The van der Waals surface area contributed by atoms with Gasteiger partial charge < -0.3 is 15.2 Å². The molecule has 0 spiro atoms. The van der Waals surface area contributed by atoms with Gasteiger partial charge >= 0.3 is 0 Å². The van der Waals surface area contributed by atoms with Crippen molar-refractivity contribution >= 4 is 0 Å². The SMILES string of the molecule is CCCCCCC(C)OC1Cc2ccc(OC)cc2C1N. The number of fused-ring (bicyclic) bond motifs is 1. The van der Waals surface area contributed by atoms with Crippen molar-refractivity contribution in [3.05, 3.63) is 29.3 Å². The van der Waals surface area contributed by atoms with Crippen molar-refractivity contribution in [1.29, 1.82) is 0 Å². The number of hydrogen-bond donors (Lipinski definition) is 1. The van der Waals surface area contributed by atoms with Gasteiger partial charge in [0, 0.05) is 6.42 Å². The molecule has 1 aliphatic rings.